The van der Waals surface area contributed by atoms with Crippen LogP contribution in [-0.4, -0.2) is 18.4 Å². The molecule has 0 fully saturated rings. The second kappa shape index (κ2) is 8.45. The van der Waals surface area contributed by atoms with Gasteiger partial charge in [0.25, 0.3) is 5.91 Å². The Labute approximate surface area is 140 Å². The summed E-state index contributed by atoms with van der Waals surface area (Å²) < 4.78 is 0. The molecular weight excluding hydrogens is 310 g/mol. The predicted octanol–water partition coefficient (Wildman–Crippen LogP) is 1.13. The minimum Gasteiger partial charge on any atom is -0.328 e. The lowest BCUT2D eigenvalue weighted by molar-refractivity contribution is -0.676. The largest absolute Gasteiger partial charge is 0.328 e. The van der Waals surface area contributed by atoms with Crippen molar-refractivity contribution in [1.82, 2.24) is 10.9 Å². The first-order valence-electron chi connectivity index (χ1n) is 7.61. The number of aryl methyl sites for hydroxylation is 1. The molecular formula is C17H22N3O2S+. The van der Waals surface area contributed by atoms with Gasteiger partial charge in [0, 0.05) is 12.5 Å². The number of hydrogen-bond acceptors (Lipinski definition) is 3. The molecule has 5 nitrogen and oxygen atoms in total. The Bertz CT molecular complexity index is 638. The van der Waals surface area contributed by atoms with Crippen LogP contribution in [-0.2, 0) is 16.0 Å². The molecule has 1 aromatic heterocycles. The van der Waals surface area contributed by atoms with E-state index in [2.05, 4.69) is 48.1 Å². The number of quaternary nitrogens is 1. The van der Waals surface area contributed by atoms with Crippen molar-refractivity contribution >= 4 is 23.2 Å². The monoisotopic (exact) mass is 332 g/mol. The van der Waals surface area contributed by atoms with Crippen LogP contribution in [0.4, 0.5) is 0 Å². The van der Waals surface area contributed by atoms with Crippen LogP contribution in [0.3, 0.4) is 0 Å². The van der Waals surface area contributed by atoms with Gasteiger partial charge in [-0.05, 0) is 23.4 Å². The van der Waals surface area contributed by atoms with Gasteiger partial charge in [-0.25, -0.2) is 0 Å². The van der Waals surface area contributed by atoms with Crippen molar-refractivity contribution < 1.29 is 14.9 Å². The van der Waals surface area contributed by atoms with Crippen molar-refractivity contribution in [2.45, 2.75) is 26.3 Å². The molecule has 6 heteroatoms. The third-order valence-electron chi connectivity index (χ3n) is 3.51. The van der Waals surface area contributed by atoms with E-state index >= 15 is 0 Å². The zero-order valence-corrected chi connectivity index (χ0v) is 14.2. The summed E-state index contributed by atoms with van der Waals surface area (Å²) in [6.07, 6.45) is 1.01. The molecule has 1 heterocycles. The molecule has 2 amide bonds. The number of hydrazine groups is 1. The van der Waals surface area contributed by atoms with E-state index in [0.717, 1.165) is 12.0 Å². The molecule has 23 heavy (non-hydrogen) atoms. The summed E-state index contributed by atoms with van der Waals surface area (Å²) >= 11 is 1.67. The van der Waals surface area contributed by atoms with Gasteiger partial charge in [-0.3, -0.25) is 20.4 Å². The highest BCUT2D eigenvalue weighted by Gasteiger charge is 2.20. The Balaban J connectivity index is 2.06. The molecule has 0 saturated heterocycles. The van der Waals surface area contributed by atoms with Gasteiger partial charge in [0.15, 0.2) is 6.54 Å². The third kappa shape index (κ3) is 5.19. The Kier molecular flexibility index (Phi) is 6.31. The van der Waals surface area contributed by atoms with Gasteiger partial charge in [0.1, 0.15) is 6.04 Å². The highest BCUT2D eigenvalue weighted by molar-refractivity contribution is 7.10. The molecule has 0 aliphatic rings. The van der Waals surface area contributed by atoms with E-state index in [1.54, 1.807) is 11.3 Å². The maximum atomic E-state index is 11.8. The summed E-state index contributed by atoms with van der Waals surface area (Å²) in [6, 6.07) is 12.6. The molecule has 0 saturated carbocycles. The average molecular weight is 332 g/mol. The fourth-order valence-corrected chi connectivity index (χ4v) is 3.13. The maximum Gasteiger partial charge on any atom is 0.293 e. The number of thiophene rings is 1. The van der Waals surface area contributed by atoms with Crippen LogP contribution in [0.15, 0.2) is 41.8 Å². The van der Waals surface area contributed by atoms with Gasteiger partial charge < -0.3 is 5.32 Å². The van der Waals surface area contributed by atoms with Crippen LogP contribution in [0.1, 0.15) is 35.9 Å². The quantitative estimate of drug-likeness (QED) is 0.694. The van der Waals surface area contributed by atoms with E-state index in [4.69, 9.17) is 0 Å². The topological polar surface area (TPSA) is 74.8 Å². The first-order chi connectivity index (χ1) is 11.1. The first-order valence-corrected chi connectivity index (χ1v) is 8.49. The second-order valence-corrected chi connectivity index (χ2v) is 6.24. The van der Waals surface area contributed by atoms with Gasteiger partial charge in [-0.1, -0.05) is 37.3 Å². The summed E-state index contributed by atoms with van der Waals surface area (Å²) in [4.78, 5) is 23.8. The van der Waals surface area contributed by atoms with E-state index in [1.165, 1.54) is 17.4 Å². The van der Waals surface area contributed by atoms with Crippen LogP contribution in [0.2, 0.25) is 0 Å². The number of nitrogens with two attached hydrogens (primary N) is 1. The highest BCUT2D eigenvalue weighted by atomic mass is 32.1. The number of hydrogen-bond donors (Lipinski definition) is 3. The molecule has 2 rings (SSSR count). The van der Waals surface area contributed by atoms with Crippen molar-refractivity contribution in [3.8, 4) is 0 Å². The standard InChI is InChI=1S/C17H21N3O2S/c1-3-13-6-8-14(9-7-13)17(15-5-4-10-23-15)18-11-16(22)20-19-12(2)21/h4-10,17-18H,3,11H2,1-2H3,(H,19,21)(H,20,22)/p+1/t17-/m0/s1. The summed E-state index contributed by atoms with van der Waals surface area (Å²) in [5.41, 5.74) is 7.15. The van der Waals surface area contributed by atoms with Gasteiger partial charge >= 0.3 is 0 Å². The molecule has 4 N–H and O–H groups in total. The van der Waals surface area contributed by atoms with Gasteiger partial charge in [0.2, 0.25) is 5.91 Å². The number of amides is 2. The second-order valence-electron chi connectivity index (χ2n) is 5.26. The predicted molar refractivity (Wildman–Crippen MR) is 90.7 cm³/mol. The summed E-state index contributed by atoms with van der Waals surface area (Å²) in [5, 5.41) is 4.01. The highest BCUT2D eigenvalue weighted by Crippen LogP contribution is 2.23. The van der Waals surface area contributed by atoms with Crippen LogP contribution < -0.4 is 16.2 Å². The normalized spacial score (nSPS) is 11.7. The van der Waals surface area contributed by atoms with Crippen molar-refractivity contribution in [3.05, 3.63) is 57.8 Å². The lowest BCUT2D eigenvalue weighted by Crippen LogP contribution is -2.88. The smallest absolute Gasteiger partial charge is 0.293 e. The Morgan fingerprint density at radius 2 is 1.91 bits per heavy atom. The minimum absolute atomic E-state index is 0.0731. The molecule has 0 aliphatic carbocycles. The van der Waals surface area contributed by atoms with Crippen LogP contribution in [0, 0.1) is 0 Å². The lowest BCUT2D eigenvalue weighted by atomic mass is 10.0. The number of nitrogens with one attached hydrogen (secondary N) is 2. The SMILES string of the molecule is CCc1ccc([C@H]([NH2+]CC(=O)NNC(C)=O)c2cccs2)cc1. The van der Waals surface area contributed by atoms with Crippen molar-refractivity contribution in [2.75, 3.05) is 6.54 Å². The molecule has 122 valence electrons. The van der Waals surface area contributed by atoms with Gasteiger partial charge in [-0.15, -0.1) is 11.3 Å². The molecule has 0 aliphatic heterocycles. The maximum absolute atomic E-state index is 11.8. The number of carbonyl (C=O) groups is 2. The first kappa shape index (κ1) is 17.2. The number of carbonyl (C=O) groups excluding carboxylic acids is 2. The van der Waals surface area contributed by atoms with Crippen LogP contribution in [0.25, 0.3) is 0 Å². The fourth-order valence-electron chi connectivity index (χ4n) is 2.28. The zero-order chi connectivity index (χ0) is 16.7. The van der Waals surface area contributed by atoms with E-state index in [9.17, 15) is 9.59 Å². The lowest BCUT2D eigenvalue weighted by Gasteiger charge is -2.15. The minimum atomic E-state index is -0.289. The molecule has 1 atom stereocenters. The van der Waals surface area contributed by atoms with E-state index in [-0.39, 0.29) is 24.4 Å². The van der Waals surface area contributed by atoms with Crippen molar-refractivity contribution in [2.24, 2.45) is 0 Å². The van der Waals surface area contributed by atoms with Crippen molar-refractivity contribution in [1.29, 1.82) is 0 Å². The van der Waals surface area contributed by atoms with E-state index in [1.807, 2.05) is 16.8 Å². The molecule has 0 bridgehead atoms. The van der Waals surface area contributed by atoms with Crippen LogP contribution >= 0.6 is 11.3 Å². The molecule has 0 unspecified atom stereocenters. The van der Waals surface area contributed by atoms with E-state index in [0.29, 0.717) is 0 Å². The summed E-state index contributed by atoms with van der Waals surface area (Å²) in [6.45, 7) is 3.72. The Morgan fingerprint density at radius 3 is 2.48 bits per heavy atom. The average Bonchev–Trinajstić information content (AvgIpc) is 3.08. The third-order valence-corrected chi connectivity index (χ3v) is 4.47. The zero-order valence-electron chi connectivity index (χ0n) is 13.3. The van der Waals surface area contributed by atoms with Gasteiger partial charge in [0.05, 0.1) is 4.88 Å². The fraction of sp³-hybridized carbons (Fsp3) is 0.294. The molecule has 1 aromatic carbocycles. The molecule has 2 aromatic rings. The molecule has 0 spiro atoms. The molecule has 0 radical (unpaired) electrons. The summed E-state index contributed by atoms with van der Waals surface area (Å²) in [7, 11) is 0. The van der Waals surface area contributed by atoms with Crippen molar-refractivity contribution in [3.63, 3.8) is 0 Å². The number of rotatable bonds is 6. The summed E-state index contributed by atoms with van der Waals surface area (Å²) in [5.74, 6) is -0.518. The van der Waals surface area contributed by atoms with Crippen LogP contribution in [0.5, 0.6) is 0 Å². The van der Waals surface area contributed by atoms with E-state index < -0.39 is 0 Å². The Hall–Kier alpha value is -2.18. The number of benzene rings is 1. The van der Waals surface area contributed by atoms with Gasteiger partial charge in [-0.2, -0.15) is 0 Å². The Morgan fingerprint density at radius 1 is 1.17 bits per heavy atom.